The molecule has 0 saturated heterocycles. The summed E-state index contributed by atoms with van der Waals surface area (Å²) in [5, 5.41) is 2.94. The molecule has 0 bridgehead atoms. The lowest BCUT2D eigenvalue weighted by Crippen LogP contribution is -2.52. The van der Waals surface area contributed by atoms with Crippen molar-refractivity contribution >= 4 is 11.8 Å². The van der Waals surface area contributed by atoms with E-state index in [9.17, 15) is 9.59 Å². The SMILES string of the molecule is CC[C@@H](c1ccccc1)N(C(C)=O)[C@H](COC)C(=O)NCc1ccccc1. The lowest BCUT2D eigenvalue weighted by atomic mass is 10.0. The minimum atomic E-state index is -0.693. The molecule has 5 nitrogen and oxygen atoms in total. The van der Waals surface area contributed by atoms with Gasteiger partial charge in [-0.3, -0.25) is 9.59 Å². The van der Waals surface area contributed by atoms with Crippen LogP contribution in [0.1, 0.15) is 37.4 Å². The predicted molar refractivity (Wildman–Crippen MR) is 106 cm³/mol. The molecule has 0 aliphatic carbocycles. The van der Waals surface area contributed by atoms with Crippen LogP contribution in [0.5, 0.6) is 0 Å². The Balaban J connectivity index is 2.23. The van der Waals surface area contributed by atoms with Crippen LogP contribution in [0.15, 0.2) is 60.7 Å². The first-order valence-corrected chi connectivity index (χ1v) is 9.22. The molecule has 2 amide bonds. The molecule has 2 rings (SSSR count). The predicted octanol–water partition coefficient (Wildman–Crippen LogP) is 3.32. The Morgan fingerprint density at radius 2 is 1.63 bits per heavy atom. The largest absolute Gasteiger partial charge is 0.382 e. The summed E-state index contributed by atoms with van der Waals surface area (Å²) in [4.78, 5) is 27.1. The number of nitrogens with one attached hydrogen (secondary N) is 1. The first-order chi connectivity index (χ1) is 13.1. The molecule has 2 aromatic carbocycles. The first-order valence-electron chi connectivity index (χ1n) is 9.22. The van der Waals surface area contributed by atoms with Crippen LogP contribution in [0.4, 0.5) is 0 Å². The van der Waals surface area contributed by atoms with Gasteiger partial charge in [0, 0.05) is 20.6 Å². The van der Waals surface area contributed by atoms with Gasteiger partial charge >= 0.3 is 0 Å². The van der Waals surface area contributed by atoms with Crippen molar-refractivity contribution in [1.29, 1.82) is 0 Å². The van der Waals surface area contributed by atoms with Crippen molar-refractivity contribution in [2.75, 3.05) is 13.7 Å². The van der Waals surface area contributed by atoms with Gasteiger partial charge in [-0.2, -0.15) is 0 Å². The maximum Gasteiger partial charge on any atom is 0.245 e. The summed E-state index contributed by atoms with van der Waals surface area (Å²) in [5.41, 5.74) is 2.01. The zero-order valence-electron chi connectivity index (χ0n) is 16.2. The number of amides is 2. The van der Waals surface area contributed by atoms with E-state index < -0.39 is 6.04 Å². The van der Waals surface area contributed by atoms with Crippen molar-refractivity contribution in [3.8, 4) is 0 Å². The fourth-order valence-corrected chi connectivity index (χ4v) is 3.27. The Labute approximate surface area is 161 Å². The molecule has 27 heavy (non-hydrogen) atoms. The van der Waals surface area contributed by atoms with Crippen LogP contribution in [0.3, 0.4) is 0 Å². The summed E-state index contributed by atoms with van der Waals surface area (Å²) in [5.74, 6) is -0.368. The van der Waals surface area contributed by atoms with Crippen LogP contribution in [0.25, 0.3) is 0 Å². The third-order valence-corrected chi connectivity index (χ3v) is 4.54. The lowest BCUT2D eigenvalue weighted by Gasteiger charge is -2.36. The molecule has 0 heterocycles. The van der Waals surface area contributed by atoms with Crippen LogP contribution in [0, 0.1) is 0 Å². The molecule has 1 N–H and O–H groups in total. The number of carbonyl (C=O) groups is 2. The molecule has 0 fully saturated rings. The number of ether oxygens (including phenoxy) is 1. The molecule has 2 atom stereocenters. The summed E-state index contributed by atoms with van der Waals surface area (Å²) < 4.78 is 5.28. The normalized spacial score (nSPS) is 12.9. The highest BCUT2D eigenvalue weighted by molar-refractivity contribution is 5.87. The molecule has 0 aliphatic heterocycles. The van der Waals surface area contributed by atoms with Gasteiger partial charge in [0.05, 0.1) is 12.6 Å². The summed E-state index contributed by atoms with van der Waals surface area (Å²) in [6.45, 7) is 4.06. The Kier molecular flexibility index (Phi) is 8.01. The number of carbonyl (C=O) groups excluding carboxylic acids is 2. The number of methoxy groups -OCH3 is 1. The number of hydrogen-bond donors (Lipinski definition) is 1. The van der Waals surface area contributed by atoms with E-state index in [1.165, 1.54) is 6.92 Å². The van der Waals surface area contributed by atoms with Crippen LogP contribution >= 0.6 is 0 Å². The molecule has 0 saturated carbocycles. The summed E-state index contributed by atoms with van der Waals surface area (Å²) >= 11 is 0. The van der Waals surface area contributed by atoms with Crippen LogP contribution in [-0.2, 0) is 20.9 Å². The van der Waals surface area contributed by atoms with Gasteiger partial charge in [0.25, 0.3) is 0 Å². The number of hydrogen-bond acceptors (Lipinski definition) is 3. The van der Waals surface area contributed by atoms with Gasteiger partial charge in [0.2, 0.25) is 11.8 Å². The summed E-state index contributed by atoms with van der Waals surface area (Å²) in [7, 11) is 1.54. The molecule has 5 heteroatoms. The summed E-state index contributed by atoms with van der Waals surface area (Å²) in [6.07, 6.45) is 0.704. The monoisotopic (exact) mass is 368 g/mol. The number of nitrogens with zero attached hydrogens (tertiary/aromatic N) is 1. The maximum atomic E-state index is 12.9. The van der Waals surface area contributed by atoms with E-state index in [-0.39, 0.29) is 24.5 Å². The molecule has 0 radical (unpaired) electrons. The number of rotatable bonds is 9. The fourth-order valence-electron chi connectivity index (χ4n) is 3.27. The molecule has 0 aromatic heterocycles. The van der Waals surface area contributed by atoms with Crippen LogP contribution in [0.2, 0.25) is 0 Å². The highest BCUT2D eigenvalue weighted by Crippen LogP contribution is 2.26. The molecule has 0 unspecified atom stereocenters. The second-order valence-electron chi connectivity index (χ2n) is 6.44. The number of benzene rings is 2. The van der Waals surface area contributed by atoms with E-state index in [2.05, 4.69) is 5.32 Å². The molecule has 2 aromatic rings. The second-order valence-corrected chi connectivity index (χ2v) is 6.44. The van der Waals surface area contributed by atoms with E-state index in [1.807, 2.05) is 67.6 Å². The second kappa shape index (κ2) is 10.5. The molecule has 144 valence electrons. The average molecular weight is 368 g/mol. The van der Waals surface area contributed by atoms with Gasteiger partial charge in [-0.05, 0) is 17.5 Å². The summed E-state index contributed by atoms with van der Waals surface area (Å²) in [6, 6.07) is 18.6. The minimum Gasteiger partial charge on any atom is -0.382 e. The maximum absolute atomic E-state index is 12.9. The van der Waals surface area contributed by atoms with Crippen LogP contribution in [-0.4, -0.2) is 36.5 Å². The highest BCUT2D eigenvalue weighted by atomic mass is 16.5. The molecule has 0 aliphatic rings. The smallest absolute Gasteiger partial charge is 0.245 e. The van der Waals surface area contributed by atoms with Crippen molar-refractivity contribution in [3.05, 3.63) is 71.8 Å². The fraction of sp³-hybridized carbons (Fsp3) is 0.364. The van der Waals surface area contributed by atoms with E-state index >= 15 is 0 Å². The third kappa shape index (κ3) is 5.66. The van der Waals surface area contributed by atoms with E-state index in [1.54, 1.807) is 12.0 Å². The van der Waals surface area contributed by atoms with Crippen molar-refractivity contribution in [3.63, 3.8) is 0 Å². The zero-order valence-corrected chi connectivity index (χ0v) is 16.2. The topological polar surface area (TPSA) is 58.6 Å². The molecule has 0 spiro atoms. The van der Waals surface area contributed by atoms with Gasteiger partial charge in [0.1, 0.15) is 6.04 Å². The van der Waals surface area contributed by atoms with Crippen molar-refractivity contribution in [1.82, 2.24) is 10.2 Å². The zero-order chi connectivity index (χ0) is 19.6. The van der Waals surface area contributed by atoms with E-state index in [0.717, 1.165) is 11.1 Å². The quantitative estimate of drug-likeness (QED) is 0.739. The Morgan fingerprint density at radius 1 is 1.04 bits per heavy atom. The standard InChI is InChI=1S/C22H28N2O3/c1-4-20(19-13-9-6-10-14-19)24(17(2)25)21(16-27-3)22(26)23-15-18-11-7-5-8-12-18/h5-14,20-21H,4,15-16H2,1-3H3,(H,23,26)/t20-,21+/m0/s1. The molecular weight excluding hydrogens is 340 g/mol. The third-order valence-electron chi connectivity index (χ3n) is 4.54. The Morgan fingerprint density at radius 3 is 2.15 bits per heavy atom. The average Bonchev–Trinajstić information content (AvgIpc) is 2.70. The van der Waals surface area contributed by atoms with Gasteiger partial charge < -0.3 is 15.0 Å². The van der Waals surface area contributed by atoms with Crippen LogP contribution < -0.4 is 5.32 Å². The van der Waals surface area contributed by atoms with Crippen molar-refractivity contribution in [2.45, 2.75) is 38.9 Å². The van der Waals surface area contributed by atoms with Gasteiger partial charge in [0.15, 0.2) is 0 Å². The highest BCUT2D eigenvalue weighted by Gasteiger charge is 2.33. The Hall–Kier alpha value is -2.66. The van der Waals surface area contributed by atoms with Gasteiger partial charge in [-0.15, -0.1) is 0 Å². The lowest BCUT2D eigenvalue weighted by molar-refractivity contribution is -0.144. The Bertz CT molecular complexity index is 719. The van der Waals surface area contributed by atoms with E-state index in [4.69, 9.17) is 4.74 Å². The van der Waals surface area contributed by atoms with Gasteiger partial charge in [-0.25, -0.2) is 0 Å². The van der Waals surface area contributed by atoms with Gasteiger partial charge in [-0.1, -0.05) is 67.6 Å². The first kappa shape index (κ1) is 20.6. The van der Waals surface area contributed by atoms with Crippen molar-refractivity contribution < 1.29 is 14.3 Å². The van der Waals surface area contributed by atoms with Crippen molar-refractivity contribution in [2.24, 2.45) is 0 Å². The minimum absolute atomic E-state index is 0.142. The van der Waals surface area contributed by atoms with E-state index in [0.29, 0.717) is 13.0 Å². The molecular formula is C22H28N2O3.